The van der Waals surface area contributed by atoms with E-state index < -0.39 is 0 Å². The van der Waals surface area contributed by atoms with E-state index in [2.05, 4.69) is 37.3 Å². The summed E-state index contributed by atoms with van der Waals surface area (Å²) in [7, 11) is 0. The fourth-order valence-corrected chi connectivity index (χ4v) is 4.71. The van der Waals surface area contributed by atoms with Crippen LogP contribution < -0.4 is 15.8 Å². The molecule has 0 saturated carbocycles. The molecule has 0 radical (unpaired) electrons. The molecule has 1 aliphatic rings. The number of likely N-dealkylation sites (tertiary alicyclic amines) is 1. The number of H-pyrrole nitrogens is 1. The lowest BCUT2D eigenvalue weighted by atomic mass is 10.1. The number of nitrogens with one attached hydrogen (secondary N) is 3. The van der Waals surface area contributed by atoms with Gasteiger partial charge in [-0.25, -0.2) is 15.0 Å². The Kier molecular flexibility index (Phi) is 6.97. The number of fused-ring (bicyclic) bond motifs is 1. The monoisotopic (exact) mass is 505 g/mol. The number of piperidine rings is 1. The van der Waals surface area contributed by atoms with Gasteiger partial charge in [-0.2, -0.15) is 5.10 Å². The topological polar surface area (TPSA) is 142 Å². The van der Waals surface area contributed by atoms with Gasteiger partial charge in [0.25, 0.3) is 0 Å². The lowest BCUT2D eigenvalue weighted by molar-refractivity contribution is 0.101. The van der Waals surface area contributed by atoms with Crippen molar-refractivity contribution in [3.05, 3.63) is 64.8 Å². The zero-order valence-corrected chi connectivity index (χ0v) is 20.7. The average Bonchev–Trinajstić information content (AvgIpc) is 3.43. The van der Waals surface area contributed by atoms with Crippen LogP contribution in [0.4, 0.5) is 11.6 Å². The van der Waals surface area contributed by atoms with E-state index in [1.165, 1.54) is 6.33 Å². The summed E-state index contributed by atoms with van der Waals surface area (Å²) in [6.45, 7) is 5.59. The summed E-state index contributed by atoms with van der Waals surface area (Å²) < 4.78 is 6.42. The SMILES string of the molecule is CCN1CCC(Oc2nc(CNc3ncnc(N)c3C(=N)c3cn[nH]c3)cc3cccc(Cl)c23)CC1. The van der Waals surface area contributed by atoms with Crippen LogP contribution in [0.3, 0.4) is 0 Å². The smallest absolute Gasteiger partial charge is 0.223 e. The van der Waals surface area contributed by atoms with Crippen LogP contribution in [0.2, 0.25) is 5.02 Å². The molecule has 1 aliphatic heterocycles. The van der Waals surface area contributed by atoms with Gasteiger partial charge in [-0.15, -0.1) is 0 Å². The summed E-state index contributed by atoms with van der Waals surface area (Å²) in [5.41, 5.74) is 8.04. The summed E-state index contributed by atoms with van der Waals surface area (Å²) in [5, 5.41) is 20.9. The number of anilines is 2. The van der Waals surface area contributed by atoms with Gasteiger partial charge >= 0.3 is 0 Å². The van der Waals surface area contributed by atoms with Crippen molar-refractivity contribution in [2.45, 2.75) is 32.4 Å². The fourth-order valence-electron chi connectivity index (χ4n) is 4.45. The van der Waals surface area contributed by atoms with E-state index in [9.17, 15) is 0 Å². The number of nitrogens with two attached hydrogens (primary N) is 1. The third-order valence-corrected chi connectivity index (χ3v) is 6.75. The number of pyridine rings is 1. The van der Waals surface area contributed by atoms with Crippen LogP contribution in [0.5, 0.6) is 5.88 Å². The van der Waals surface area contributed by atoms with E-state index in [1.807, 2.05) is 24.3 Å². The first kappa shape index (κ1) is 24.0. The maximum atomic E-state index is 8.58. The molecule has 5 rings (SSSR count). The minimum Gasteiger partial charge on any atom is -0.474 e. The summed E-state index contributed by atoms with van der Waals surface area (Å²) >= 11 is 6.57. The number of halogens is 1. The lowest BCUT2D eigenvalue weighted by Crippen LogP contribution is -2.38. The molecule has 1 aromatic carbocycles. The Hall–Kier alpha value is -3.76. The van der Waals surface area contributed by atoms with Gasteiger partial charge in [0.15, 0.2) is 0 Å². The largest absolute Gasteiger partial charge is 0.474 e. The van der Waals surface area contributed by atoms with Crippen molar-refractivity contribution in [1.82, 2.24) is 30.0 Å². The minimum absolute atomic E-state index is 0.0895. The van der Waals surface area contributed by atoms with E-state index >= 15 is 0 Å². The summed E-state index contributed by atoms with van der Waals surface area (Å²) in [6, 6.07) is 7.75. The Labute approximate surface area is 213 Å². The highest BCUT2D eigenvalue weighted by Gasteiger charge is 2.22. The first-order valence-electron chi connectivity index (χ1n) is 11.9. The van der Waals surface area contributed by atoms with Gasteiger partial charge in [0.05, 0.1) is 40.1 Å². The van der Waals surface area contributed by atoms with Crippen LogP contribution >= 0.6 is 11.6 Å². The highest BCUT2D eigenvalue weighted by atomic mass is 35.5. The molecule has 0 aliphatic carbocycles. The van der Waals surface area contributed by atoms with Gasteiger partial charge in [-0.05, 0) is 36.9 Å². The number of ether oxygens (including phenoxy) is 1. The van der Waals surface area contributed by atoms with Crippen molar-refractivity contribution in [3.8, 4) is 5.88 Å². The molecule has 11 heteroatoms. The van der Waals surface area contributed by atoms with E-state index in [-0.39, 0.29) is 17.6 Å². The summed E-state index contributed by atoms with van der Waals surface area (Å²) in [5.74, 6) is 1.19. The first-order chi connectivity index (χ1) is 17.5. The Bertz CT molecular complexity index is 1370. The van der Waals surface area contributed by atoms with Gasteiger partial charge in [0, 0.05) is 24.8 Å². The zero-order valence-electron chi connectivity index (χ0n) is 20.0. The number of benzene rings is 1. The number of nitrogens with zero attached hydrogens (tertiary/aromatic N) is 5. The van der Waals surface area contributed by atoms with E-state index in [4.69, 9.17) is 32.5 Å². The van der Waals surface area contributed by atoms with Crippen LogP contribution in [-0.4, -0.2) is 61.5 Å². The zero-order chi connectivity index (χ0) is 25.1. The van der Waals surface area contributed by atoms with Crippen molar-refractivity contribution in [2.24, 2.45) is 0 Å². The normalized spacial score (nSPS) is 14.7. The van der Waals surface area contributed by atoms with Crippen LogP contribution in [0, 0.1) is 5.41 Å². The molecule has 10 nitrogen and oxygen atoms in total. The Morgan fingerprint density at radius 1 is 1.31 bits per heavy atom. The third-order valence-electron chi connectivity index (χ3n) is 6.44. The Morgan fingerprint density at radius 3 is 2.89 bits per heavy atom. The molecule has 36 heavy (non-hydrogen) atoms. The molecule has 4 aromatic rings. The maximum absolute atomic E-state index is 8.58. The maximum Gasteiger partial charge on any atom is 0.223 e. The van der Waals surface area contributed by atoms with E-state index in [0.29, 0.717) is 34.4 Å². The number of aromatic amines is 1. The molecule has 1 fully saturated rings. The van der Waals surface area contributed by atoms with Crippen molar-refractivity contribution in [2.75, 3.05) is 30.7 Å². The van der Waals surface area contributed by atoms with Crippen molar-refractivity contribution in [3.63, 3.8) is 0 Å². The second-order valence-electron chi connectivity index (χ2n) is 8.71. The molecule has 0 unspecified atom stereocenters. The molecule has 3 aromatic heterocycles. The second kappa shape index (κ2) is 10.5. The molecule has 186 valence electrons. The number of aromatic nitrogens is 5. The first-order valence-corrected chi connectivity index (χ1v) is 12.3. The van der Waals surface area contributed by atoms with Gasteiger partial charge in [0.1, 0.15) is 24.1 Å². The lowest BCUT2D eigenvalue weighted by Gasteiger charge is -2.31. The molecule has 0 spiro atoms. The molecule has 1 saturated heterocycles. The number of rotatable bonds is 8. The molecule has 5 N–H and O–H groups in total. The quantitative estimate of drug-likeness (QED) is 0.264. The number of hydrogen-bond donors (Lipinski definition) is 4. The summed E-state index contributed by atoms with van der Waals surface area (Å²) in [6.07, 6.45) is 6.54. The number of hydrogen-bond acceptors (Lipinski definition) is 9. The fraction of sp³-hybridized carbons (Fsp3) is 0.320. The molecule has 0 amide bonds. The predicted molar refractivity (Wildman–Crippen MR) is 141 cm³/mol. The molecular formula is C25H28ClN9O. The highest BCUT2D eigenvalue weighted by molar-refractivity contribution is 6.36. The second-order valence-corrected chi connectivity index (χ2v) is 9.11. The Morgan fingerprint density at radius 2 is 2.14 bits per heavy atom. The third kappa shape index (κ3) is 4.95. The summed E-state index contributed by atoms with van der Waals surface area (Å²) in [4.78, 5) is 15.7. The van der Waals surface area contributed by atoms with E-state index in [0.717, 1.165) is 48.9 Å². The van der Waals surface area contributed by atoms with Gasteiger partial charge in [0.2, 0.25) is 5.88 Å². The van der Waals surface area contributed by atoms with Crippen LogP contribution in [0.25, 0.3) is 10.8 Å². The van der Waals surface area contributed by atoms with Gasteiger partial charge in [-0.1, -0.05) is 30.7 Å². The molecule has 0 atom stereocenters. The van der Waals surface area contributed by atoms with Crippen molar-refractivity contribution in [1.29, 1.82) is 5.41 Å². The van der Waals surface area contributed by atoms with E-state index in [1.54, 1.807) is 12.4 Å². The predicted octanol–water partition coefficient (Wildman–Crippen LogP) is 3.87. The van der Waals surface area contributed by atoms with Gasteiger partial charge < -0.3 is 20.7 Å². The average molecular weight is 506 g/mol. The van der Waals surface area contributed by atoms with Gasteiger partial charge in [-0.3, -0.25) is 10.5 Å². The molecule has 0 bridgehead atoms. The highest BCUT2D eigenvalue weighted by Crippen LogP contribution is 2.33. The minimum atomic E-state index is 0.0895. The van der Waals surface area contributed by atoms with Crippen LogP contribution in [0.1, 0.15) is 36.6 Å². The van der Waals surface area contributed by atoms with Crippen molar-refractivity contribution < 1.29 is 4.74 Å². The Balaban J connectivity index is 1.42. The molecular weight excluding hydrogens is 478 g/mol. The van der Waals surface area contributed by atoms with Crippen molar-refractivity contribution >= 4 is 39.7 Å². The standard InChI is InChI=1S/C25H28ClN9O/c1-2-35-8-6-18(7-9-35)36-25-20-15(4-3-5-19(20)26)10-17(34-25)13-29-24-21(23(28)30-14-31-24)22(27)16-11-32-33-12-16/h3-5,10-12,14,18,27H,2,6-9,13H2,1H3,(H,32,33)(H3,28,29,30,31). The van der Waals surface area contributed by atoms with Crippen LogP contribution in [0.15, 0.2) is 43.0 Å². The molecule has 4 heterocycles. The van der Waals surface area contributed by atoms with Crippen LogP contribution in [-0.2, 0) is 6.54 Å². The number of nitrogen functional groups attached to an aromatic ring is 1.